The molecule has 0 saturated heterocycles. The summed E-state index contributed by atoms with van der Waals surface area (Å²) in [6.07, 6.45) is 0.821. The van der Waals surface area contributed by atoms with Crippen LogP contribution in [-0.2, 0) is 9.59 Å². The van der Waals surface area contributed by atoms with Crippen molar-refractivity contribution in [2.45, 2.75) is 26.7 Å². The highest BCUT2D eigenvalue weighted by atomic mass is 79.9. The lowest BCUT2D eigenvalue weighted by atomic mass is 10.2. The number of hydrogen-bond donors (Lipinski definition) is 2. The van der Waals surface area contributed by atoms with Gasteiger partial charge in [0.25, 0.3) is 0 Å². The third-order valence-corrected chi connectivity index (χ3v) is 4.36. The van der Waals surface area contributed by atoms with Crippen LogP contribution in [-0.4, -0.2) is 31.6 Å². The SMILES string of the molecule is CCOc1ccccc1OCCCC(=O)NCC(=O)Nc1ccc(Br)cc1C. The molecule has 150 valence electrons. The van der Waals surface area contributed by atoms with Crippen LogP contribution in [0.15, 0.2) is 46.9 Å². The summed E-state index contributed by atoms with van der Waals surface area (Å²) in [5.41, 5.74) is 1.67. The molecule has 0 bridgehead atoms. The van der Waals surface area contributed by atoms with Crippen LogP contribution in [0.2, 0.25) is 0 Å². The second-order valence-corrected chi connectivity index (χ2v) is 7.03. The second-order valence-electron chi connectivity index (χ2n) is 6.12. The van der Waals surface area contributed by atoms with Gasteiger partial charge in [0.05, 0.1) is 19.8 Å². The molecule has 0 aliphatic rings. The Kier molecular flexibility index (Phi) is 8.81. The number of rotatable bonds is 10. The van der Waals surface area contributed by atoms with Gasteiger partial charge in [-0.05, 0) is 56.2 Å². The third-order valence-electron chi connectivity index (χ3n) is 3.86. The highest BCUT2D eigenvalue weighted by Gasteiger charge is 2.08. The molecule has 2 aromatic carbocycles. The number of amides is 2. The molecular weight excluding hydrogens is 424 g/mol. The van der Waals surface area contributed by atoms with Gasteiger partial charge in [-0.1, -0.05) is 28.1 Å². The summed E-state index contributed by atoms with van der Waals surface area (Å²) in [6, 6.07) is 13.0. The number of carbonyl (C=O) groups excluding carboxylic acids is 2. The minimum atomic E-state index is -0.263. The molecule has 0 spiro atoms. The molecule has 2 amide bonds. The highest BCUT2D eigenvalue weighted by molar-refractivity contribution is 9.10. The number of halogens is 1. The molecule has 28 heavy (non-hydrogen) atoms. The van der Waals surface area contributed by atoms with Crippen LogP contribution in [0.25, 0.3) is 0 Å². The van der Waals surface area contributed by atoms with Crippen molar-refractivity contribution < 1.29 is 19.1 Å². The zero-order chi connectivity index (χ0) is 20.4. The van der Waals surface area contributed by atoms with Crippen molar-refractivity contribution in [3.8, 4) is 11.5 Å². The average Bonchev–Trinajstić information content (AvgIpc) is 2.67. The molecule has 0 radical (unpaired) electrons. The maximum Gasteiger partial charge on any atom is 0.243 e. The smallest absolute Gasteiger partial charge is 0.243 e. The van der Waals surface area contributed by atoms with Crippen LogP contribution in [0, 0.1) is 6.92 Å². The first-order valence-corrected chi connectivity index (χ1v) is 9.96. The third kappa shape index (κ3) is 7.23. The fraction of sp³-hybridized carbons (Fsp3) is 0.333. The zero-order valence-corrected chi connectivity index (χ0v) is 17.7. The fourth-order valence-electron chi connectivity index (χ4n) is 2.49. The van der Waals surface area contributed by atoms with Crippen molar-refractivity contribution in [2.75, 3.05) is 25.1 Å². The van der Waals surface area contributed by atoms with Gasteiger partial charge in [-0.25, -0.2) is 0 Å². The summed E-state index contributed by atoms with van der Waals surface area (Å²) < 4.78 is 12.1. The Morgan fingerprint density at radius 1 is 1.04 bits per heavy atom. The average molecular weight is 449 g/mol. The Bertz CT molecular complexity index is 811. The van der Waals surface area contributed by atoms with Gasteiger partial charge in [-0.15, -0.1) is 0 Å². The van der Waals surface area contributed by atoms with Crippen molar-refractivity contribution in [1.29, 1.82) is 0 Å². The number of carbonyl (C=O) groups is 2. The van der Waals surface area contributed by atoms with Gasteiger partial charge in [0.2, 0.25) is 11.8 Å². The summed E-state index contributed by atoms with van der Waals surface area (Å²) in [5.74, 6) is 0.897. The monoisotopic (exact) mass is 448 g/mol. The van der Waals surface area contributed by atoms with E-state index in [2.05, 4.69) is 26.6 Å². The molecule has 2 N–H and O–H groups in total. The van der Waals surface area contributed by atoms with E-state index in [0.717, 1.165) is 15.7 Å². The summed E-state index contributed by atoms with van der Waals surface area (Å²) in [4.78, 5) is 23.9. The summed E-state index contributed by atoms with van der Waals surface area (Å²) >= 11 is 3.38. The number of nitrogens with one attached hydrogen (secondary N) is 2. The van der Waals surface area contributed by atoms with Crippen molar-refractivity contribution in [2.24, 2.45) is 0 Å². The van der Waals surface area contributed by atoms with Gasteiger partial charge >= 0.3 is 0 Å². The quantitative estimate of drug-likeness (QED) is 0.537. The van der Waals surface area contributed by atoms with Gasteiger partial charge < -0.3 is 20.1 Å². The maximum atomic E-state index is 12.0. The number of ether oxygens (including phenoxy) is 2. The molecule has 0 aliphatic carbocycles. The van der Waals surface area contributed by atoms with Crippen molar-refractivity contribution in [3.63, 3.8) is 0 Å². The Morgan fingerprint density at radius 2 is 1.75 bits per heavy atom. The lowest BCUT2D eigenvalue weighted by Gasteiger charge is -2.11. The predicted octanol–water partition coefficient (Wildman–Crippen LogP) is 4.07. The van der Waals surface area contributed by atoms with Gasteiger partial charge in [-0.2, -0.15) is 0 Å². The van der Waals surface area contributed by atoms with Gasteiger partial charge in [-0.3, -0.25) is 9.59 Å². The summed E-state index contributed by atoms with van der Waals surface area (Å²) in [5, 5.41) is 5.41. The normalized spacial score (nSPS) is 10.2. The molecule has 7 heteroatoms. The van der Waals surface area contributed by atoms with Crippen LogP contribution in [0.3, 0.4) is 0 Å². The molecule has 0 unspecified atom stereocenters. The lowest BCUT2D eigenvalue weighted by Crippen LogP contribution is -2.33. The Morgan fingerprint density at radius 3 is 2.43 bits per heavy atom. The van der Waals surface area contributed by atoms with Crippen molar-refractivity contribution in [3.05, 3.63) is 52.5 Å². The van der Waals surface area contributed by atoms with E-state index >= 15 is 0 Å². The maximum absolute atomic E-state index is 12.0. The van der Waals surface area contributed by atoms with Crippen LogP contribution in [0.5, 0.6) is 11.5 Å². The molecule has 0 fully saturated rings. The minimum Gasteiger partial charge on any atom is -0.490 e. The molecule has 0 aliphatic heterocycles. The fourth-order valence-corrected chi connectivity index (χ4v) is 2.96. The number of para-hydroxylation sites is 2. The van der Waals surface area contributed by atoms with Crippen LogP contribution in [0.1, 0.15) is 25.3 Å². The topological polar surface area (TPSA) is 76.7 Å². The van der Waals surface area contributed by atoms with E-state index in [1.807, 2.05) is 56.3 Å². The predicted molar refractivity (Wildman–Crippen MR) is 113 cm³/mol. The first-order valence-electron chi connectivity index (χ1n) is 9.17. The van der Waals surface area contributed by atoms with Crippen molar-refractivity contribution in [1.82, 2.24) is 5.32 Å². The number of benzene rings is 2. The Labute approximate surface area is 173 Å². The second kappa shape index (κ2) is 11.3. The van der Waals surface area contributed by atoms with E-state index in [-0.39, 0.29) is 24.8 Å². The zero-order valence-electron chi connectivity index (χ0n) is 16.1. The number of hydrogen-bond acceptors (Lipinski definition) is 4. The van der Waals surface area contributed by atoms with E-state index in [9.17, 15) is 9.59 Å². The summed E-state index contributed by atoms with van der Waals surface area (Å²) in [7, 11) is 0. The van der Waals surface area contributed by atoms with E-state index < -0.39 is 0 Å². The highest BCUT2D eigenvalue weighted by Crippen LogP contribution is 2.26. The Hall–Kier alpha value is -2.54. The molecule has 0 aromatic heterocycles. The van der Waals surface area contributed by atoms with Gasteiger partial charge in [0.1, 0.15) is 0 Å². The molecule has 2 rings (SSSR count). The molecule has 6 nitrogen and oxygen atoms in total. The standard InChI is InChI=1S/C21H25BrN2O4/c1-3-27-18-7-4-5-8-19(18)28-12-6-9-20(25)23-14-21(26)24-17-11-10-16(22)13-15(17)2/h4-5,7-8,10-11,13H,3,6,9,12,14H2,1-2H3,(H,23,25)(H,24,26). The molecule has 2 aromatic rings. The summed E-state index contributed by atoms with van der Waals surface area (Å²) in [6.45, 7) is 4.70. The van der Waals surface area contributed by atoms with E-state index in [0.29, 0.717) is 31.1 Å². The minimum absolute atomic E-state index is 0.0671. The van der Waals surface area contributed by atoms with E-state index in [1.54, 1.807) is 0 Å². The van der Waals surface area contributed by atoms with Crippen LogP contribution < -0.4 is 20.1 Å². The lowest BCUT2D eigenvalue weighted by molar-refractivity contribution is -0.124. The molecule has 0 heterocycles. The van der Waals surface area contributed by atoms with Crippen LogP contribution in [0.4, 0.5) is 5.69 Å². The first-order chi connectivity index (χ1) is 13.5. The molecular formula is C21H25BrN2O4. The number of aryl methyl sites for hydroxylation is 1. The molecule has 0 saturated carbocycles. The first kappa shape index (κ1) is 21.8. The Balaban J connectivity index is 1.66. The number of anilines is 1. The van der Waals surface area contributed by atoms with Gasteiger partial charge in [0.15, 0.2) is 11.5 Å². The van der Waals surface area contributed by atoms with E-state index in [4.69, 9.17) is 9.47 Å². The van der Waals surface area contributed by atoms with Gasteiger partial charge in [0, 0.05) is 16.6 Å². The largest absolute Gasteiger partial charge is 0.490 e. The molecule has 0 atom stereocenters. The van der Waals surface area contributed by atoms with Crippen LogP contribution >= 0.6 is 15.9 Å². The van der Waals surface area contributed by atoms with Crippen molar-refractivity contribution >= 4 is 33.4 Å². The van der Waals surface area contributed by atoms with E-state index in [1.165, 1.54) is 0 Å².